The van der Waals surface area contributed by atoms with Gasteiger partial charge in [-0.2, -0.15) is 0 Å². The van der Waals surface area contributed by atoms with Crippen LogP contribution in [0.5, 0.6) is 5.75 Å². The molecule has 2 aromatic rings. The van der Waals surface area contributed by atoms with E-state index in [1.54, 1.807) is 0 Å². The predicted molar refractivity (Wildman–Crippen MR) is 77.7 cm³/mol. The Morgan fingerprint density at radius 2 is 1.47 bits per heavy atom. The van der Waals surface area contributed by atoms with E-state index in [1.165, 1.54) is 11.1 Å². The topological polar surface area (TPSA) is 18.5 Å². The summed E-state index contributed by atoms with van der Waals surface area (Å²) in [4.78, 5) is 0. The molecular weight excluding hydrogens is 236 g/mol. The molecule has 0 aliphatic rings. The molecule has 0 N–H and O–H groups in total. The molecule has 0 spiro atoms. The van der Waals surface area contributed by atoms with Crippen molar-refractivity contribution in [3.63, 3.8) is 0 Å². The maximum absolute atomic E-state index is 5.59. The van der Waals surface area contributed by atoms with Crippen molar-refractivity contribution in [3.8, 4) is 5.75 Å². The molecule has 19 heavy (non-hydrogen) atoms. The van der Waals surface area contributed by atoms with Gasteiger partial charge in [0.05, 0.1) is 6.61 Å². The quantitative estimate of drug-likeness (QED) is 0.703. The maximum atomic E-state index is 5.59. The van der Waals surface area contributed by atoms with Crippen LogP contribution in [0.2, 0.25) is 0 Å². The summed E-state index contributed by atoms with van der Waals surface area (Å²) in [7, 11) is 0. The zero-order valence-electron chi connectivity index (χ0n) is 11.3. The zero-order valence-corrected chi connectivity index (χ0v) is 11.3. The van der Waals surface area contributed by atoms with Gasteiger partial charge in [0.25, 0.3) is 0 Å². The molecule has 0 aliphatic heterocycles. The SMILES string of the molecule is CCOCCOc1ccc(Cc2ccccc2)cc1. The van der Waals surface area contributed by atoms with E-state index in [4.69, 9.17) is 9.47 Å². The van der Waals surface area contributed by atoms with Crippen LogP contribution in [0.15, 0.2) is 54.6 Å². The molecule has 0 radical (unpaired) electrons. The molecule has 0 aromatic heterocycles. The minimum Gasteiger partial charge on any atom is -0.491 e. The molecule has 2 heteroatoms. The number of ether oxygens (including phenoxy) is 2. The van der Waals surface area contributed by atoms with E-state index >= 15 is 0 Å². The molecule has 0 atom stereocenters. The van der Waals surface area contributed by atoms with Crippen molar-refractivity contribution in [3.05, 3.63) is 65.7 Å². The molecule has 2 aromatic carbocycles. The Morgan fingerprint density at radius 3 is 2.16 bits per heavy atom. The van der Waals surface area contributed by atoms with E-state index in [2.05, 4.69) is 36.4 Å². The first-order valence-corrected chi connectivity index (χ1v) is 6.72. The van der Waals surface area contributed by atoms with Gasteiger partial charge < -0.3 is 9.47 Å². The number of benzene rings is 2. The Hall–Kier alpha value is -1.80. The summed E-state index contributed by atoms with van der Waals surface area (Å²) in [5.41, 5.74) is 2.62. The first kappa shape index (κ1) is 13.6. The molecule has 100 valence electrons. The van der Waals surface area contributed by atoms with Crippen LogP contribution in [0, 0.1) is 0 Å². The summed E-state index contributed by atoms with van der Waals surface area (Å²) in [6.45, 7) is 3.96. The van der Waals surface area contributed by atoms with Crippen molar-refractivity contribution in [2.45, 2.75) is 13.3 Å². The molecular formula is C17H20O2. The third-order valence-electron chi connectivity index (χ3n) is 2.87. The van der Waals surface area contributed by atoms with Crippen LogP contribution in [0.3, 0.4) is 0 Å². The highest BCUT2D eigenvalue weighted by molar-refractivity contribution is 5.31. The summed E-state index contributed by atoms with van der Waals surface area (Å²) in [5, 5.41) is 0. The normalized spacial score (nSPS) is 10.4. The average molecular weight is 256 g/mol. The van der Waals surface area contributed by atoms with Crippen LogP contribution in [0.1, 0.15) is 18.1 Å². The van der Waals surface area contributed by atoms with Crippen LogP contribution in [0.25, 0.3) is 0 Å². The monoisotopic (exact) mass is 256 g/mol. The molecule has 0 heterocycles. The lowest BCUT2D eigenvalue weighted by Crippen LogP contribution is -2.06. The molecule has 0 saturated carbocycles. The third-order valence-corrected chi connectivity index (χ3v) is 2.87. The second-order valence-corrected chi connectivity index (χ2v) is 4.35. The smallest absolute Gasteiger partial charge is 0.119 e. The fourth-order valence-electron chi connectivity index (χ4n) is 1.90. The van der Waals surface area contributed by atoms with Crippen LogP contribution in [-0.4, -0.2) is 19.8 Å². The predicted octanol–water partition coefficient (Wildman–Crippen LogP) is 3.69. The van der Waals surface area contributed by atoms with Crippen molar-refractivity contribution in [1.82, 2.24) is 0 Å². The lowest BCUT2D eigenvalue weighted by molar-refractivity contribution is 0.110. The lowest BCUT2D eigenvalue weighted by Gasteiger charge is -2.07. The minimum absolute atomic E-state index is 0.603. The number of hydrogen-bond acceptors (Lipinski definition) is 2. The molecule has 2 nitrogen and oxygen atoms in total. The highest BCUT2D eigenvalue weighted by Gasteiger charge is 1.97. The number of rotatable bonds is 7. The highest BCUT2D eigenvalue weighted by atomic mass is 16.5. The van der Waals surface area contributed by atoms with Gasteiger partial charge in [-0.15, -0.1) is 0 Å². The summed E-state index contributed by atoms with van der Waals surface area (Å²) >= 11 is 0. The molecule has 0 unspecified atom stereocenters. The van der Waals surface area contributed by atoms with Gasteiger partial charge in [-0.1, -0.05) is 42.5 Å². The van der Waals surface area contributed by atoms with Gasteiger partial charge in [0.1, 0.15) is 12.4 Å². The van der Waals surface area contributed by atoms with Gasteiger partial charge in [-0.3, -0.25) is 0 Å². The van der Waals surface area contributed by atoms with Gasteiger partial charge in [-0.25, -0.2) is 0 Å². The van der Waals surface area contributed by atoms with Gasteiger partial charge in [-0.05, 0) is 36.6 Å². The van der Waals surface area contributed by atoms with E-state index in [0.717, 1.165) is 18.8 Å². The highest BCUT2D eigenvalue weighted by Crippen LogP contribution is 2.15. The summed E-state index contributed by atoms with van der Waals surface area (Å²) in [6, 6.07) is 18.7. The van der Waals surface area contributed by atoms with Crippen molar-refractivity contribution in [2.75, 3.05) is 19.8 Å². The zero-order chi connectivity index (χ0) is 13.3. The Kier molecular flexibility index (Phi) is 5.45. The Morgan fingerprint density at radius 1 is 0.789 bits per heavy atom. The lowest BCUT2D eigenvalue weighted by atomic mass is 10.1. The summed E-state index contributed by atoms with van der Waals surface area (Å²) in [6.07, 6.45) is 0.958. The maximum Gasteiger partial charge on any atom is 0.119 e. The van der Waals surface area contributed by atoms with Gasteiger partial charge >= 0.3 is 0 Å². The van der Waals surface area contributed by atoms with E-state index in [0.29, 0.717) is 13.2 Å². The average Bonchev–Trinajstić information content (AvgIpc) is 2.46. The largest absolute Gasteiger partial charge is 0.491 e. The molecule has 0 fully saturated rings. The Labute approximate surface area is 115 Å². The first-order valence-electron chi connectivity index (χ1n) is 6.72. The minimum atomic E-state index is 0.603. The van der Waals surface area contributed by atoms with E-state index < -0.39 is 0 Å². The third kappa shape index (κ3) is 4.76. The van der Waals surface area contributed by atoms with Crippen molar-refractivity contribution in [1.29, 1.82) is 0 Å². The van der Waals surface area contributed by atoms with Gasteiger partial charge in [0.2, 0.25) is 0 Å². The molecule has 0 aliphatic carbocycles. The van der Waals surface area contributed by atoms with Crippen LogP contribution >= 0.6 is 0 Å². The fourth-order valence-corrected chi connectivity index (χ4v) is 1.90. The molecule has 0 amide bonds. The first-order chi connectivity index (χ1) is 9.38. The second kappa shape index (κ2) is 7.59. The summed E-state index contributed by atoms with van der Waals surface area (Å²) in [5.74, 6) is 0.900. The molecule has 0 saturated heterocycles. The standard InChI is InChI=1S/C17H20O2/c1-2-18-12-13-19-17-10-8-16(9-11-17)14-15-6-4-3-5-7-15/h3-11H,2,12-14H2,1H3. The summed E-state index contributed by atoms with van der Waals surface area (Å²) < 4.78 is 10.8. The Bertz CT molecular complexity index is 462. The van der Waals surface area contributed by atoms with E-state index in [1.807, 2.05) is 25.1 Å². The van der Waals surface area contributed by atoms with E-state index in [9.17, 15) is 0 Å². The van der Waals surface area contributed by atoms with Crippen molar-refractivity contribution in [2.24, 2.45) is 0 Å². The van der Waals surface area contributed by atoms with E-state index in [-0.39, 0.29) is 0 Å². The fraction of sp³-hybridized carbons (Fsp3) is 0.294. The van der Waals surface area contributed by atoms with Crippen molar-refractivity contribution >= 4 is 0 Å². The van der Waals surface area contributed by atoms with Crippen LogP contribution in [0.4, 0.5) is 0 Å². The Balaban J connectivity index is 1.84. The van der Waals surface area contributed by atoms with Gasteiger partial charge in [0.15, 0.2) is 0 Å². The van der Waals surface area contributed by atoms with Crippen LogP contribution in [-0.2, 0) is 11.2 Å². The number of hydrogen-bond donors (Lipinski definition) is 0. The van der Waals surface area contributed by atoms with Gasteiger partial charge in [0, 0.05) is 6.61 Å². The molecule has 2 rings (SSSR count). The van der Waals surface area contributed by atoms with Crippen LogP contribution < -0.4 is 4.74 Å². The second-order valence-electron chi connectivity index (χ2n) is 4.35. The van der Waals surface area contributed by atoms with Crippen molar-refractivity contribution < 1.29 is 9.47 Å². The molecule has 0 bridgehead atoms.